The Morgan fingerprint density at radius 2 is 2.16 bits per heavy atom. The van der Waals surface area contributed by atoms with E-state index in [-0.39, 0.29) is 0 Å². The van der Waals surface area contributed by atoms with Gasteiger partial charge < -0.3 is 15.0 Å². The number of benzene rings is 1. The van der Waals surface area contributed by atoms with Crippen LogP contribution < -0.4 is 10.5 Å². The number of nitrogens with zero attached hydrogens (tertiary/aromatic N) is 2. The average Bonchev–Trinajstić information content (AvgIpc) is 2.88. The van der Waals surface area contributed by atoms with Gasteiger partial charge in [0.25, 0.3) is 0 Å². The minimum Gasteiger partial charge on any atom is -0.493 e. The van der Waals surface area contributed by atoms with Crippen LogP contribution in [0.3, 0.4) is 0 Å². The van der Waals surface area contributed by atoms with Gasteiger partial charge in [-0.1, -0.05) is 24.2 Å². The van der Waals surface area contributed by atoms with E-state index in [1.165, 1.54) is 0 Å². The van der Waals surface area contributed by atoms with Crippen molar-refractivity contribution in [1.82, 2.24) is 10.1 Å². The van der Waals surface area contributed by atoms with Gasteiger partial charge in [0.2, 0.25) is 11.7 Å². The summed E-state index contributed by atoms with van der Waals surface area (Å²) in [6, 6.07) is 7.67. The summed E-state index contributed by atoms with van der Waals surface area (Å²) in [5.41, 5.74) is 6.44. The molecule has 1 aromatic carbocycles. The Bertz CT molecular complexity index is 525. The summed E-state index contributed by atoms with van der Waals surface area (Å²) in [6.45, 7) is 5.21. The van der Waals surface area contributed by atoms with Crippen LogP contribution in [-0.2, 0) is 6.42 Å². The predicted octanol–water partition coefficient (Wildman–Crippen LogP) is 2.27. The summed E-state index contributed by atoms with van der Waals surface area (Å²) in [5, 5.41) is 4.01. The summed E-state index contributed by atoms with van der Waals surface area (Å²) >= 11 is 0. The summed E-state index contributed by atoms with van der Waals surface area (Å²) in [7, 11) is 0. The Morgan fingerprint density at radius 1 is 1.37 bits per heavy atom. The maximum Gasteiger partial charge on any atom is 0.227 e. The lowest BCUT2D eigenvalue weighted by molar-refractivity contribution is 0.340. The SMILES string of the molecule is CCOc1ccccc1-c1noc(CC(C)CN)n1. The topological polar surface area (TPSA) is 74.2 Å². The Balaban J connectivity index is 2.22. The molecule has 2 rings (SSSR count). The van der Waals surface area contributed by atoms with Crippen LogP contribution in [0.2, 0.25) is 0 Å². The van der Waals surface area contributed by atoms with E-state index in [2.05, 4.69) is 17.1 Å². The molecule has 0 saturated carbocycles. The van der Waals surface area contributed by atoms with Gasteiger partial charge in [0.1, 0.15) is 5.75 Å². The van der Waals surface area contributed by atoms with E-state index in [9.17, 15) is 0 Å². The van der Waals surface area contributed by atoms with E-state index in [0.717, 1.165) is 11.3 Å². The van der Waals surface area contributed by atoms with Crippen molar-refractivity contribution in [2.24, 2.45) is 11.7 Å². The highest BCUT2D eigenvalue weighted by atomic mass is 16.5. The van der Waals surface area contributed by atoms with Gasteiger partial charge in [-0.25, -0.2) is 0 Å². The van der Waals surface area contributed by atoms with Gasteiger partial charge in [-0.2, -0.15) is 4.98 Å². The lowest BCUT2D eigenvalue weighted by Gasteiger charge is -2.06. The van der Waals surface area contributed by atoms with Gasteiger partial charge in [0.15, 0.2) is 0 Å². The molecule has 0 amide bonds. The van der Waals surface area contributed by atoms with Crippen LogP contribution in [0.25, 0.3) is 11.4 Å². The van der Waals surface area contributed by atoms with Crippen LogP contribution in [0.1, 0.15) is 19.7 Å². The highest BCUT2D eigenvalue weighted by molar-refractivity contribution is 5.63. The highest BCUT2D eigenvalue weighted by Gasteiger charge is 2.14. The maximum atomic E-state index is 5.59. The molecule has 0 bridgehead atoms. The van der Waals surface area contributed by atoms with Crippen LogP contribution in [-0.4, -0.2) is 23.3 Å². The summed E-state index contributed by atoms with van der Waals surface area (Å²) < 4.78 is 10.8. The van der Waals surface area contributed by atoms with E-state index in [4.69, 9.17) is 15.0 Å². The van der Waals surface area contributed by atoms with Crippen LogP contribution in [0.5, 0.6) is 5.75 Å². The molecule has 0 fully saturated rings. The van der Waals surface area contributed by atoms with Crippen molar-refractivity contribution >= 4 is 0 Å². The highest BCUT2D eigenvalue weighted by Crippen LogP contribution is 2.27. The molecule has 0 aliphatic heterocycles. The zero-order valence-corrected chi connectivity index (χ0v) is 11.3. The van der Waals surface area contributed by atoms with Crippen molar-refractivity contribution in [1.29, 1.82) is 0 Å². The number of ether oxygens (including phenoxy) is 1. The van der Waals surface area contributed by atoms with E-state index in [0.29, 0.717) is 37.2 Å². The molecule has 5 nitrogen and oxygen atoms in total. The Hall–Kier alpha value is -1.88. The fourth-order valence-electron chi connectivity index (χ4n) is 1.76. The first-order valence-electron chi connectivity index (χ1n) is 6.49. The molecular formula is C14H19N3O2. The van der Waals surface area contributed by atoms with Gasteiger partial charge in [-0.3, -0.25) is 0 Å². The first kappa shape index (κ1) is 13.5. The lowest BCUT2D eigenvalue weighted by Crippen LogP contribution is -2.13. The zero-order valence-electron chi connectivity index (χ0n) is 11.3. The van der Waals surface area contributed by atoms with Crippen molar-refractivity contribution in [2.75, 3.05) is 13.2 Å². The van der Waals surface area contributed by atoms with Crippen molar-refractivity contribution in [2.45, 2.75) is 20.3 Å². The number of aromatic nitrogens is 2. The van der Waals surface area contributed by atoms with Crippen molar-refractivity contribution < 1.29 is 9.26 Å². The van der Waals surface area contributed by atoms with Crippen molar-refractivity contribution in [3.8, 4) is 17.1 Å². The normalized spacial score (nSPS) is 12.4. The molecule has 0 saturated heterocycles. The Labute approximate surface area is 112 Å². The molecule has 0 aliphatic rings. The molecule has 102 valence electrons. The fraction of sp³-hybridized carbons (Fsp3) is 0.429. The zero-order chi connectivity index (χ0) is 13.7. The molecule has 1 heterocycles. The smallest absolute Gasteiger partial charge is 0.227 e. The number of rotatable bonds is 6. The number of para-hydroxylation sites is 1. The molecule has 2 N–H and O–H groups in total. The lowest BCUT2D eigenvalue weighted by atomic mass is 10.1. The minimum atomic E-state index is 0.329. The Morgan fingerprint density at radius 3 is 2.89 bits per heavy atom. The molecule has 1 aromatic heterocycles. The standard InChI is InChI=1S/C14H19N3O2/c1-3-18-12-7-5-4-6-11(12)14-16-13(19-17-14)8-10(2)9-15/h4-7,10H,3,8-9,15H2,1-2H3. The number of hydrogen-bond acceptors (Lipinski definition) is 5. The minimum absolute atomic E-state index is 0.329. The molecular weight excluding hydrogens is 242 g/mol. The van der Waals surface area contributed by atoms with E-state index >= 15 is 0 Å². The molecule has 0 spiro atoms. The third kappa shape index (κ3) is 3.32. The second-order valence-corrected chi connectivity index (χ2v) is 4.49. The molecule has 2 aromatic rings. The van der Waals surface area contributed by atoms with E-state index < -0.39 is 0 Å². The quantitative estimate of drug-likeness (QED) is 0.863. The molecule has 0 aliphatic carbocycles. The number of nitrogens with two attached hydrogens (primary N) is 1. The summed E-state index contributed by atoms with van der Waals surface area (Å²) in [4.78, 5) is 4.40. The maximum absolute atomic E-state index is 5.59. The Kier molecular flexibility index (Phi) is 4.52. The average molecular weight is 261 g/mol. The number of hydrogen-bond donors (Lipinski definition) is 1. The molecule has 1 atom stereocenters. The van der Waals surface area contributed by atoms with Crippen LogP contribution >= 0.6 is 0 Å². The first-order valence-corrected chi connectivity index (χ1v) is 6.49. The van der Waals surface area contributed by atoms with Crippen molar-refractivity contribution in [3.05, 3.63) is 30.2 Å². The molecule has 1 unspecified atom stereocenters. The molecule has 19 heavy (non-hydrogen) atoms. The van der Waals surface area contributed by atoms with Gasteiger partial charge in [0, 0.05) is 6.42 Å². The third-order valence-electron chi connectivity index (χ3n) is 2.82. The van der Waals surface area contributed by atoms with Crippen LogP contribution in [0.15, 0.2) is 28.8 Å². The van der Waals surface area contributed by atoms with Gasteiger partial charge in [-0.05, 0) is 31.5 Å². The van der Waals surface area contributed by atoms with E-state index in [1.807, 2.05) is 31.2 Å². The monoisotopic (exact) mass is 261 g/mol. The van der Waals surface area contributed by atoms with Crippen LogP contribution in [0.4, 0.5) is 0 Å². The predicted molar refractivity (Wildman–Crippen MR) is 72.8 cm³/mol. The summed E-state index contributed by atoms with van der Waals surface area (Å²) in [6.07, 6.45) is 0.695. The third-order valence-corrected chi connectivity index (χ3v) is 2.82. The van der Waals surface area contributed by atoms with Gasteiger partial charge in [-0.15, -0.1) is 0 Å². The second-order valence-electron chi connectivity index (χ2n) is 4.49. The van der Waals surface area contributed by atoms with Gasteiger partial charge in [0.05, 0.1) is 12.2 Å². The molecule has 5 heteroatoms. The van der Waals surface area contributed by atoms with E-state index in [1.54, 1.807) is 0 Å². The second kappa shape index (κ2) is 6.33. The van der Waals surface area contributed by atoms with Crippen LogP contribution in [0, 0.1) is 5.92 Å². The molecule has 0 radical (unpaired) electrons. The van der Waals surface area contributed by atoms with Gasteiger partial charge >= 0.3 is 0 Å². The van der Waals surface area contributed by atoms with Crippen molar-refractivity contribution in [3.63, 3.8) is 0 Å². The summed E-state index contributed by atoms with van der Waals surface area (Å²) in [5.74, 6) is 2.27. The fourth-order valence-corrected chi connectivity index (χ4v) is 1.76. The largest absolute Gasteiger partial charge is 0.493 e. The first-order chi connectivity index (χ1) is 9.24.